The standard InChI is InChI=1S/C16H22N4O/c1-13(14-5-3-2-4-6-14)7-9-18-16(21)15-11-20(10-8-17)12-19-15/h2-6,11-13H,7-10,17H2,1H3,(H,18,21). The number of carbonyl (C=O) groups excluding carboxylic acids is 1. The van der Waals surface area contributed by atoms with Crippen molar-refractivity contribution in [3.63, 3.8) is 0 Å². The van der Waals surface area contributed by atoms with Gasteiger partial charge in [0.1, 0.15) is 5.69 Å². The van der Waals surface area contributed by atoms with Gasteiger partial charge in [-0.05, 0) is 17.9 Å². The third-order valence-corrected chi connectivity index (χ3v) is 3.48. The van der Waals surface area contributed by atoms with Crippen molar-refractivity contribution in [1.82, 2.24) is 14.9 Å². The van der Waals surface area contributed by atoms with Crippen LogP contribution in [0.4, 0.5) is 0 Å². The summed E-state index contributed by atoms with van der Waals surface area (Å²) in [4.78, 5) is 16.0. The smallest absolute Gasteiger partial charge is 0.271 e. The molecule has 1 amide bonds. The Hall–Kier alpha value is -2.14. The Labute approximate surface area is 125 Å². The summed E-state index contributed by atoms with van der Waals surface area (Å²) in [7, 11) is 0. The number of hydrogen-bond donors (Lipinski definition) is 2. The second-order valence-electron chi connectivity index (χ2n) is 5.14. The van der Waals surface area contributed by atoms with Gasteiger partial charge in [-0.2, -0.15) is 0 Å². The maximum atomic E-state index is 12.0. The summed E-state index contributed by atoms with van der Waals surface area (Å²) in [5.74, 6) is 0.285. The van der Waals surface area contributed by atoms with E-state index in [1.807, 2.05) is 22.8 Å². The molecule has 0 aliphatic heterocycles. The number of aromatic nitrogens is 2. The van der Waals surface area contributed by atoms with Gasteiger partial charge in [0, 0.05) is 25.8 Å². The molecule has 0 saturated carbocycles. The van der Waals surface area contributed by atoms with Crippen LogP contribution >= 0.6 is 0 Å². The fourth-order valence-electron chi connectivity index (χ4n) is 2.19. The van der Waals surface area contributed by atoms with Gasteiger partial charge in [-0.1, -0.05) is 37.3 Å². The maximum Gasteiger partial charge on any atom is 0.271 e. The van der Waals surface area contributed by atoms with Gasteiger partial charge in [0.2, 0.25) is 0 Å². The lowest BCUT2D eigenvalue weighted by Gasteiger charge is -2.11. The Morgan fingerprint density at radius 3 is 2.86 bits per heavy atom. The Balaban J connectivity index is 1.78. The second-order valence-corrected chi connectivity index (χ2v) is 5.14. The minimum Gasteiger partial charge on any atom is -0.351 e. The van der Waals surface area contributed by atoms with Gasteiger partial charge in [-0.25, -0.2) is 4.98 Å². The van der Waals surface area contributed by atoms with Crippen LogP contribution in [0.5, 0.6) is 0 Å². The fraction of sp³-hybridized carbons (Fsp3) is 0.375. The first-order chi connectivity index (χ1) is 10.2. The first-order valence-electron chi connectivity index (χ1n) is 7.25. The number of hydrogen-bond acceptors (Lipinski definition) is 3. The van der Waals surface area contributed by atoms with Gasteiger partial charge in [-0.15, -0.1) is 0 Å². The summed E-state index contributed by atoms with van der Waals surface area (Å²) in [5, 5.41) is 2.91. The van der Waals surface area contributed by atoms with Crippen LogP contribution in [0.3, 0.4) is 0 Å². The van der Waals surface area contributed by atoms with Crippen molar-refractivity contribution in [2.45, 2.75) is 25.8 Å². The van der Waals surface area contributed by atoms with Crippen molar-refractivity contribution in [1.29, 1.82) is 0 Å². The van der Waals surface area contributed by atoms with Gasteiger partial charge >= 0.3 is 0 Å². The van der Waals surface area contributed by atoms with Crippen LogP contribution in [0.25, 0.3) is 0 Å². The molecule has 1 aromatic carbocycles. The zero-order valence-electron chi connectivity index (χ0n) is 12.3. The third kappa shape index (κ3) is 4.43. The van der Waals surface area contributed by atoms with Gasteiger partial charge < -0.3 is 15.6 Å². The number of imidazole rings is 1. The predicted octanol–water partition coefficient (Wildman–Crippen LogP) is 1.77. The average Bonchev–Trinajstić information content (AvgIpc) is 2.97. The van der Waals surface area contributed by atoms with Crippen molar-refractivity contribution in [2.75, 3.05) is 13.1 Å². The molecule has 1 unspecified atom stereocenters. The molecule has 1 aromatic heterocycles. The molecule has 0 aliphatic carbocycles. The molecule has 3 N–H and O–H groups in total. The Morgan fingerprint density at radius 2 is 2.14 bits per heavy atom. The first-order valence-corrected chi connectivity index (χ1v) is 7.25. The van der Waals surface area contributed by atoms with Crippen molar-refractivity contribution < 1.29 is 4.79 Å². The molecule has 5 nitrogen and oxygen atoms in total. The maximum absolute atomic E-state index is 12.0. The summed E-state index contributed by atoms with van der Waals surface area (Å²) in [5.41, 5.74) is 7.20. The van der Waals surface area contributed by atoms with E-state index >= 15 is 0 Å². The summed E-state index contributed by atoms with van der Waals surface area (Å²) in [6, 6.07) is 10.3. The highest BCUT2D eigenvalue weighted by Gasteiger charge is 2.10. The molecule has 0 fully saturated rings. The number of carbonyl (C=O) groups is 1. The molecular weight excluding hydrogens is 264 g/mol. The van der Waals surface area contributed by atoms with Gasteiger partial charge in [-0.3, -0.25) is 4.79 Å². The van der Waals surface area contributed by atoms with Crippen LogP contribution in [-0.4, -0.2) is 28.5 Å². The average molecular weight is 286 g/mol. The number of benzene rings is 1. The zero-order valence-corrected chi connectivity index (χ0v) is 12.3. The van der Waals surface area contributed by atoms with Crippen molar-refractivity contribution >= 4 is 5.91 Å². The molecule has 1 atom stereocenters. The van der Waals surface area contributed by atoms with Crippen LogP contribution in [0.1, 0.15) is 35.3 Å². The van der Waals surface area contributed by atoms with Crippen LogP contribution in [-0.2, 0) is 6.54 Å². The molecule has 2 rings (SSSR count). The molecule has 0 spiro atoms. The van der Waals surface area contributed by atoms with E-state index in [1.54, 1.807) is 12.5 Å². The van der Waals surface area contributed by atoms with E-state index in [4.69, 9.17) is 5.73 Å². The van der Waals surface area contributed by atoms with Gasteiger partial charge in [0.05, 0.1) is 6.33 Å². The highest BCUT2D eigenvalue weighted by atomic mass is 16.1. The zero-order chi connectivity index (χ0) is 15.1. The minimum absolute atomic E-state index is 0.133. The van der Waals surface area contributed by atoms with E-state index in [0.717, 1.165) is 6.42 Å². The molecule has 112 valence electrons. The van der Waals surface area contributed by atoms with E-state index in [-0.39, 0.29) is 5.91 Å². The van der Waals surface area contributed by atoms with Gasteiger partial charge in [0.25, 0.3) is 5.91 Å². The lowest BCUT2D eigenvalue weighted by Crippen LogP contribution is -2.25. The monoisotopic (exact) mass is 286 g/mol. The summed E-state index contributed by atoms with van der Waals surface area (Å²) in [6.45, 7) is 4.01. The largest absolute Gasteiger partial charge is 0.351 e. The third-order valence-electron chi connectivity index (χ3n) is 3.48. The Kier molecular flexibility index (Phi) is 5.51. The van der Waals surface area contributed by atoms with E-state index in [0.29, 0.717) is 31.2 Å². The van der Waals surface area contributed by atoms with Crippen LogP contribution < -0.4 is 11.1 Å². The first kappa shape index (κ1) is 15.3. The van der Waals surface area contributed by atoms with Gasteiger partial charge in [0.15, 0.2) is 0 Å². The molecule has 2 aromatic rings. The minimum atomic E-state index is -0.133. The molecule has 0 bridgehead atoms. The van der Waals surface area contributed by atoms with Crippen LogP contribution in [0, 0.1) is 0 Å². The molecule has 0 aliphatic rings. The van der Waals surface area contributed by atoms with E-state index in [1.165, 1.54) is 5.56 Å². The fourth-order valence-corrected chi connectivity index (χ4v) is 2.19. The van der Waals surface area contributed by atoms with E-state index < -0.39 is 0 Å². The lowest BCUT2D eigenvalue weighted by molar-refractivity contribution is 0.0948. The molecule has 1 heterocycles. The van der Waals surface area contributed by atoms with Crippen LogP contribution in [0.15, 0.2) is 42.9 Å². The molecule has 21 heavy (non-hydrogen) atoms. The SMILES string of the molecule is CC(CCNC(=O)c1cn(CCN)cn1)c1ccccc1. The quantitative estimate of drug-likeness (QED) is 0.814. The summed E-state index contributed by atoms with van der Waals surface area (Å²) < 4.78 is 1.82. The Bertz CT molecular complexity index is 565. The van der Waals surface area contributed by atoms with Crippen molar-refractivity contribution in [2.24, 2.45) is 5.73 Å². The molecule has 0 saturated heterocycles. The van der Waals surface area contributed by atoms with E-state index in [2.05, 4.69) is 29.4 Å². The van der Waals surface area contributed by atoms with E-state index in [9.17, 15) is 4.79 Å². The normalized spacial score (nSPS) is 12.1. The summed E-state index contributed by atoms with van der Waals surface area (Å²) >= 11 is 0. The number of amides is 1. The number of nitrogens with two attached hydrogens (primary N) is 1. The molecular formula is C16H22N4O. The number of nitrogens with one attached hydrogen (secondary N) is 1. The van der Waals surface area contributed by atoms with Crippen molar-refractivity contribution in [3.05, 3.63) is 54.1 Å². The lowest BCUT2D eigenvalue weighted by atomic mass is 9.98. The van der Waals surface area contributed by atoms with Crippen LogP contribution in [0.2, 0.25) is 0 Å². The summed E-state index contributed by atoms with van der Waals surface area (Å²) in [6.07, 6.45) is 4.26. The highest BCUT2D eigenvalue weighted by Crippen LogP contribution is 2.17. The number of rotatable bonds is 7. The van der Waals surface area contributed by atoms with Crippen molar-refractivity contribution in [3.8, 4) is 0 Å². The molecule has 0 radical (unpaired) electrons. The second kappa shape index (κ2) is 7.59. The molecule has 5 heteroatoms. The predicted molar refractivity (Wildman–Crippen MR) is 83.1 cm³/mol. The number of nitrogens with zero attached hydrogens (tertiary/aromatic N) is 2. The Morgan fingerprint density at radius 1 is 1.38 bits per heavy atom. The topological polar surface area (TPSA) is 72.9 Å². The highest BCUT2D eigenvalue weighted by molar-refractivity contribution is 5.91.